The Bertz CT molecular complexity index is 936. The molecule has 1 saturated heterocycles. The normalized spacial score (nSPS) is 17.1. The van der Waals surface area contributed by atoms with Gasteiger partial charge in [0, 0.05) is 23.6 Å². The SMILES string of the molecule is Cc1cccc(CN2C(=O)CCC2c2nc(-c3ccc(Cl)cc3)no2)c1. The summed E-state index contributed by atoms with van der Waals surface area (Å²) in [7, 11) is 0. The van der Waals surface area contributed by atoms with Crippen LogP contribution in [0.2, 0.25) is 5.02 Å². The maximum atomic E-state index is 12.4. The molecule has 26 heavy (non-hydrogen) atoms. The molecular formula is C20H18ClN3O2. The summed E-state index contributed by atoms with van der Waals surface area (Å²) >= 11 is 5.92. The van der Waals surface area contributed by atoms with E-state index in [9.17, 15) is 4.79 Å². The van der Waals surface area contributed by atoms with Gasteiger partial charge in [0.25, 0.3) is 0 Å². The molecule has 0 bridgehead atoms. The zero-order valence-electron chi connectivity index (χ0n) is 14.4. The minimum Gasteiger partial charge on any atom is -0.337 e. The highest BCUT2D eigenvalue weighted by Crippen LogP contribution is 2.34. The van der Waals surface area contributed by atoms with Crippen molar-refractivity contribution in [3.63, 3.8) is 0 Å². The molecule has 2 aromatic carbocycles. The molecule has 0 aliphatic carbocycles. The number of likely N-dealkylation sites (tertiary alicyclic amines) is 1. The third-order valence-electron chi connectivity index (χ3n) is 4.59. The molecule has 0 spiro atoms. The molecule has 5 nitrogen and oxygen atoms in total. The summed E-state index contributed by atoms with van der Waals surface area (Å²) in [6, 6.07) is 15.3. The number of halogens is 1. The van der Waals surface area contributed by atoms with E-state index in [-0.39, 0.29) is 11.9 Å². The number of hydrogen-bond acceptors (Lipinski definition) is 4. The molecule has 2 heterocycles. The molecule has 1 aliphatic rings. The van der Waals surface area contributed by atoms with Crippen LogP contribution in [-0.4, -0.2) is 20.9 Å². The number of carbonyl (C=O) groups excluding carboxylic acids is 1. The number of rotatable bonds is 4. The standard InChI is InChI=1S/C20H18ClN3O2/c1-13-3-2-4-14(11-13)12-24-17(9-10-18(24)25)20-22-19(23-26-20)15-5-7-16(21)8-6-15/h2-8,11,17H,9-10,12H2,1H3. The van der Waals surface area contributed by atoms with Crippen LogP contribution in [0, 0.1) is 6.92 Å². The van der Waals surface area contributed by atoms with E-state index in [1.807, 2.05) is 42.2 Å². The summed E-state index contributed by atoms with van der Waals surface area (Å²) < 4.78 is 5.49. The van der Waals surface area contributed by atoms with Crippen molar-refractivity contribution in [2.24, 2.45) is 0 Å². The molecule has 1 aliphatic heterocycles. The van der Waals surface area contributed by atoms with Crippen molar-refractivity contribution in [3.05, 3.63) is 70.6 Å². The summed E-state index contributed by atoms with van der Waals surface area (Å²) in [5.74, 6) is 1.10. The van der Waals surface area contributed by atoms with Gasteiger partial charge in [-0.2, -0.15) is 4.98 Å². The van der Waals surface area contributed by atoms with Crippen molar-refractivity contribution >= 4 is 17.5 Å². The third kappa shape index (κ3) is 3.35. The van der Waals surface area contributed by atoms with E-state index < -0.39 is 0 Å². The lowest BCUT2D eigenvalue weighted by Gasteiger charge is -2.22. The molecule has 1 atom stereocenters. The quantitative estimate of drug-likeness (QED) is 0.678. The number of aromatic nitrogens is 2. The van der Waals surface area contributed by atoms with E-state index in [1.54, 1.807) is 12.1 Å². The molecule has 0 radical (unpaired) electrons. The van der Waals surface area contributed by atoms with E-state index in [0.29, 0.717) is 36.1 Å². The lowest BCUT2D eigenvalue weighted by atomic mass is 10.1. The first-order valence-corrected chi connectivity index (χ1v) is 8.92. The fourth-order valence-corrected chi connectivity index (χ4v) is 3.41. The van der Waals surface area contributed by atoms with Crippen molar-refractivity contribution in [1.29, 1.82) is 0 Å². The minimum atomic E-state index is -0.184. The van der Waals surface area contributed by atoms with Crippen molar-refractivity contribution in [3.8, 4) is 11.4 Å². The van der Waals surface area contributed by atoms with Gasteiger partial charge < -0.3 is 9.42 Å². The Morgan fingerprint density at radius 1 is 1.23 bits per heavy atom. The van der Waals surface area contributed by atoms with Crippen LogP contribution >= 0.6 is 11.6 Å². The van der Waals surface area contributed by atoms with Crippen LogP contribution in [0.3, 0.4) is 0 Å². The Labute approximate surface area is 156 Å². The largest absolute Gasteiger partial charge is 0.337 e. The van der Waals surface area contributed by atoms with Gasteiger partial charge in [-0.15, -0.1) is 0 Å². The Morgan fingerprint density at radius 2 is 2.04 bits per heavy atom. The van der Waals surface area contributed by atoms with Gasteiger partial charge in [-0.3, -0.25) is 4.79 Å². The topological polar surface area (TPSA) is 59.2 Å². The predicted molar refractivity (Wildman–Crippen MR) is 98.4 cm³/mol. The average molecular weight is 368 g/mol. The number of aryl methyl sites for hydroxylation is 1. The van der Waals surface area contributed by atoms with E-state index in [0.717, 1.165) is 11.1 Å². The fourth-order valence-electron chi connectivity index (χ4n) is 3.28. The molecule has 3 aromatic rings. The van der Waals surface area contributed by atoms with Crippen LogP contribution < -0.4 is 0 Å². The first-order chi connectivity index (χ1) is 12.6. The predicted octanol–water partition coefficient (Wildman–Crippen LogP) is 4.56. The molecule has 0 saturated carbocycles. The fraction of sp³-hybridized carbons (Fsp3) is 0.250. The molecule has 1 aromatic heterocycles. The second kappa shape index (κ2) is 6.92. The molecule has 0 N–H and O–H groups in total. The second-order valence-corrected chi connectivity index (χ2v) is 6.96. The molecule has 132 valence electrons. The van der Waals surface area contributed by atoms with Crippen molar-refractivity contribution in [2.75, 3.05) is 0 Å². The van der Waals surface area contributed by atoms with Gasteiger partial charge in [0.2, 0.25) is 17.6 Å². The van der Waals surface area contributed by atoms with Crippen LogP contribution in [0.4, 0.5) is 0 Å². The van der Waals surface area contributed by atoms with Crippen LogP contribution in [-0.2, 0) is 11.3 Å². The van der Waals surface area contributed by atoms with Gasteiger partial charge in [0.05, 0.1) is 0 Å². The number of carbonyl (C=O) groups is 1. The number of benzene rings is 2. The lowest BCUT2D eigenvalue weighted by Crippen LogP contribution is -2.27. The molecule has 1 fully saturated rings. The van der Waals surface area contributed by atoms with Crippen LogP contribution in [0.1, 0.15) is 35.9 Å². The molecule has 1 unspecified atom stereocenters. The van der Waals surface area contributed by atoms with Crippen molar-refractivity contribution < 1.29 is 9.32 Å². The highest BCUT2D eigenvalue weighted by Gasteiger charge is 2.36. The Balaban J connectivity index is 1.58. The third-order valence-corrected chi connectivity index (χ3v) is 4.84. The first kappa shape index (κ1) is 16.8. The van der Waals surface area contributed by atoms with Gasteiger partial charge >= 0.3 is 0 Å². The van der Waals surface area contributed by atoms with Gasteiger partial charge in [0.15, 0.2) is 0 Å². The summed E-state index contributed by atoms with van der Waals surface area (Å²) in [5, 5.41) is 4.73. The zero-order valence-corrected chi connectivity index (χ0v) is 15.1. The molecule has 1 amide bonds. The van der Waals surface area contributed by atoms with Gasteiger partial charge in [-0.1, -0.05) is 46.6 Å². The van der Waals surface area contributed by atoms with Crippen LogP contribution in [0.25, 0.3) is 11.4 Å². The number of nitrogens with zero attached hydrogens (tertiary/aromatic N) is 3. The number of hydrogen-bond donors (Lipinski definition) is 0. The van der Waals surface area contributed by atoms with E-state index >= 15 is 0 Å². The lowest BCUT2D eigenvalue weighted by molar-refractivity contribution is -0.129. The zero-order chi connectivity index (χ0) is 18.1. The van der Waals surface area contributed by atoms with Crippen LogP contribution in [0.5, 0.6) is 0 Å². The Hall–Kier alpha value is -2.66. The maximum Gasteiger partial charge on any atom is 0.249 e. The molecular weight excluding hydrogens is 350 g/mol. The summed E-state index contributed by atoms with van der Waals surface area (Å²) in [6.45, 7) is 2.59. The van der Waals surface area contributed by atoms with Gasteiger partial charge in [-0.25, -0.2) is 0 Å². The van der Waals surface area contributed by atoms with E-state index in [4.69, 9.17) is 16.1 Å². The monoisotopic (exact) mass is 367 g/mol. The average Bonchev–Trinajstić information content (AvgIpc) is 3.24. The maximum absolute atomic E-state index is 12.4. The second-order valence-electron chi connectivity index (χ2n) is 6.53. The van der Waals surface area contributed by atoms with Crippen molar-refractivity contribution in [2.45, 2.75) is 32.4 Å². The Kier molecular flexibility index (Phi) is 4.47. The molecule has 4 rings (SSSR count). The van der Waals surface area contributed by atoms with Crippen molar-refractivity contribution in [1.82, 2.24) is 15.0 Å². The highest BCUT2D eigenvalue weighted by atomic mass is 35.5. The Morgan fingerprint density at radius 3 is 2.81 bits per heavy atom. The summed E-state index contributed by atoms with van der Waals surface area (Å²) in [6.07, 6.45) is 1.18. The van der Waals surface area contributed by atoms with Gasteiger partial charge in [-0.05, 0) is 43.2 Å². The van der Waals surface area contributed by atoms with Gasteiger partial charge in [0.1, 0.15) is 6.04 Å². The van der Waals surface area contributed by atoms with E-state index in [1.165, 1.54) is 5.56 Å². The summed E-state index contributed by atoms with van der Waals surface area (Å²) in [4.78, 5) is 18.7. The summed E-state index contributed by atoms with van der Waals surface area (Å²) in [5.41, 5.74) is 3.11. The first-order valence-electron chi connectivity index (χ1n) is 8.55. The number of amides is 1. The van der Waals surface area contributed by atoms with Crippen LogP contribution in [0.15, 0.2) is 53.1 Å². The smallest absolute Gasteiger partial charge is 0.249 e. The molecule has 6 heteroatoms. The minimum absolute atomic E-state index is 0.114. The highest BCUT2D eigenvalue weighted by molar-refractivity contribution is 6.30. The van der Waals surface area contributed by atoms with E-state index in [2.05, 4.69) is 16.2 Å².